The van der Waals surface area contributed by atoms with E-state index >= 15 is 0 Å². The van der Waals surface area contributed by atoms with Crippen molar-refractivity contribution in [1.82, 2.24) is 0 Å². The van der Waals surface area contributed by atoms with Crippen molar-refractivity contribution in [2.24, 2.45) is 0 Å². The maximum Gasteiger partial charge on any atom is 0.429 e. The molecule has 0 N–H and O–H groups in total. The molecule has 2 nitrogen and oxygen atoms in total. The van der Waals surface area contributed by atoms with Gasteiger partial charge in [-0.05, 0) is 56.2 Å². The van der Waals surface area contributed by atoms with Crippen molar-refractivity contribution in [2.75, 3.05) is 0 Å². The minimum atomic E-state index is -4.23. The van der Waals surface area contributed by atoms with Crippen LogP contribution in [-0.4, -0.2) is 5.78 Å². The summed E-state index contributed by atoms with van der Waals surface area (Å²) in [5, 5.41) is 0. The summed E-state index contributed by atoms with van der Waals surface area (Å²) in [5.74, 6) is -6.13. The number of carbonyl (C=O) groups is 1. The summed E-state index contributed by atoms with van der Waals surface area (Å²) in [6.07, 6.45) is -4.23. The quantitative estimate of drug-likeness (QED) is 0.441. The van der Waals surface area contributed by atoms with E-state index in [-0.39, 0.29) is 22.7 Å². The summed E-state index contributed by atoms with van der Waals surface area (Å²) < 4.78 is 72.7. The van der Waals surface area contributed by atoms with Crippen molar-refractivity contribution in [3.63, 3.8) is 0 Å². The van der Waals surface area contributed by atoms with Gasteiger partial charge in [-0.3, -0.25) is 4.79 Å². The highest BCUT2D eigenvalue weighted by molar-refractivity contribution is 5.94. The van der Waals surface area contributed by atoms with Crippen molar-refractivity contribution >= 4 is 5.78 Å². The van der Waals surface area contributed by atoms with E-state index in [0.717, 1.165) is 0 Å². The summed E-state index contributed by atoms with van der Waals surface area (Å²) in [6.45, 7) is 4.19. The van der Waals surface area contributed by atoms with Gasteiger partial charge in [-0.2, -0.15) is 8.78 Å². The van der Waals surface area contributed by atoms with Gasteiger partial charge in [0.15, 0.2) is 23.2 Å². The molecule has 0 aliphatic carbocycles. The second-order valence-electron chi connectivity index (χ2n) is 5.34. The number of ketones is 1. The predicted octanol–water partition coefficient (Wildman–Crippen LogP) is 5.05. The van der Waals surface area contributed by atoms with E-state index in [2.05, 4.69) is 4.74 Å². The molecule has 0 saturated heterocycles. The number of ether oxygens (including phenoxy) is 1. The lowest BCUT2D eigenvalue weighted by atomic mass is 10.0. The molecule has 0 aliphatic heterocycles. The van der Waals surface area contributed by atoms with Crippen molar-refractivity contribution in [2.45, 2.75) is 26.9 Å². The highest BCUT2D eigenvalue weighted by Gasteiger charge is 2.40. The summed E-state index contributed by atoms with van der Waals surface area (Å²) in [5.41, 5.74) is -0.666. The van der Waals surface area contributed by atoms with Gasteiger partial charge in [0.05, 0.1) is 0 Å². The fourth-order valence-corrected chi connectivity index (χ4v) is 2.25. The van der Waals surface area contributed by atoms with Crippen LogP contribution < -0.4 is 4.74 Å². The molecule has 0 atom stereocenters. The number of alkyl halides is 2. The second kappa shape index (κ2) is 6.22. The molecular weight excluding hydrogens is 331 g/mol. The minimum Gasteiger partial charge on any atom is -0.428 e. The molecular formula is C17H13F5O2. The Bertz CT molecular complexity index is 792. The normalized spacial score (nSPS) is 11.5. The van der Waals surface area contributed by atoms with Crippen molar-refractivity contribution in [1.29, 1.82) is 0 Å². The average Bonchev–Trinajstić information content (AvgIpc) is 2.48. The topological polar surface area (TPSA) is 26.3 Å². The first-order valence-corrected chi connectivity index (χ1v) is 6.87. The predicted molar refractivity (Wildman–Crippen MR) is 76.8 cm³/mol. The van der Waals surface area contributed by atoms with E-state index < -0.39 is 29.1 Å². The molecule has 128 valence electrons. The molecule has 0 radical (unpaired) electrons. The van der Waals surface area contributed by atoms with Gasteiger partial charge in [-0.15, -0.1) is 0 Å². The molecule has 2 aromatic rings. The van der Waals surface area contributed by atoms with Gasteiger partial charge in [-0.1, -0.05) is 0 Å². The summed E-state index contributed by atoms with van der Waals surface area (Å²) in [7, 11) is 0. The summed E-state index contributed by atoms with van der Waals surface area (Å²) >= 11 is 0. The Hall–Kier alpha value is -2.44. The van der Waals surface area contributed by atoms with E-state index in [1.807, 2.05) is 0 Å². The third kappa shape index (κ3) is 3.25. The molecule has 2 aromatic carbocycles. The summed E-state index contributed by atoms with van der Waals surface area (Å²) in [4.78, 5) is 11.4. The van der Waals surface area contributed by atoms with Crippen LogP contribution in [-0.2, 0) is 6.11 Å². The number of benzene rings is 2. The Morgan fingerprint density at radius 1 is 1.00 bits per heavy atom. The molecule has 0 aliphatic rings. The number of hydrogen-bond acceptors (Lipinski definition) is 2. The van der Waals surface area contributed by atoms with E-state index in [1.165, 1.54) is 32.9 Å². The second-order valence-corrected chi connectivity index (χ2v) is 5.34. The monoisotopic (exact) mass is 344 g/mol. The minimum absolute atomic E-state index is 0.225. The zero-order valence-corrected chi connectivity index (χ0v) is 13.0. The standard InChI is InChI=1S/C17H13F5O2/c1-8-6-11(10(3)23)7-9(2)16(8)24-17(21,22)12-4-5-13(18)15(20)14(12)19/h4-7H,1-3H3. The van der Waals surface area contributed by atoms with E-state index in [4.69, 9.17) is 0 Å². The highest BCUT2D eigenvalue weighted by Crippen LogP contribution is 2.37. The van der Waals surface area contributed by atoms with Gasteiger partial charge in [-0.25, -0.2) is 13.2 Å². The van der Waals surface area contributed by atoms with Gasteiger partial charge < -0.3 is 4.74 Å². The molecule has 0 heterocycles. The van der Waals surface area contributed by atoms with E-state index in [9.17, 15) is 26.7 Å². The van der Waals surface area contributed by atoms with Crippen LogP contribution in [0.3, 0.4) is 0 Å². The Morgan fingerprint density at radius 2 is 1.54 bits per heavy atom. The number of rotatable bonds is 4. The third-order valence-corrected chi connectivity index (χ3v) is 3.45. The molecule has 7 heteroatoms. The van der Waals surface area contributed by atoms with Crippen LogP contribution in [0.15, 0.2) is 24.3 Å². The van der Waals surface area contributed by atoms with Crippen LogP contribution in [0.4, 0.5) is 22.0 Å². The van der Waals surface area contributed by atoms with E-state index in [0.29, 0.717) is 17.7 Å². The molecule has 0 amide bonds. The van der Waals surface area contributed by atoms with Gasteiger partial charge in [0.25, 0.3) is 0 Å². The van der Waals surface area contributed by atoms with Gasteiger partial charge in [0.1, 0.15) is 11.3 Å². The van der Waals surface area contributed by atoms with E-state index in [1.54, 1.807) is 0 Å². The Morgan fingerprint density at radius 3 is 2.04 bits per heavy atom. The first-order chi connectivity index (χ1) is 11.0. The van der Waals surface area contributed by atoms with Crippen molar-refractivity contribution in [3.8, 4) is 5.75 Å². The Balaban J connectivity index is 2.47. The van der Waals surface area contributed by atoms with Crippen molar-refractivity contribution in [3.05, 3.63) is 64.0 Å². The Kier molecular flexibility index (Phi) is 4.64. The fraction of sp³-hybridized carbons (Fsp3) is 0.235. The number of hydrogen-bond donors (Lipinski definition) is 0. The van der Waals surface area contributed by atoms with Crippen LogP contribution in [0, 0.1) is 31.3 Å². The smallest absolute Gasteiger partial charge is 0.428 e. The maximum absolute atomic E-state index is 14.2. The molecule has 0 aromatic heterocycles. The fourth-order valence-electron chi connectivity index (χ4n) is 2.25. The lowest BCUT2D eigenvalue weighted by Crippen LogP contribution is -2.25. The van der Waals surface area contributed by atoms with Gasteiger partial charge in [0, 0.05) is 5.56 Å². The first kappa shape index (κ1) is 17.9. The molecule has 0 spiro atoms. The van der Waals surface area contributed by atoms with Crippen LogP contribution in [0.25, 0.3) is 0 Å². The number of carbonyl (C=O) groups excluding carboxylic acids is 1. The zero-order valence-electron chi connectivity index (χ0n) is 13.0. The summed E-state index contributed by atoms with van der Waals surface area (Å²) in [6, 6.07) is 3.51. The average molecular weight is 344 g/mol. The number of halogens is 5. The van der Waals surface area contributed by atoms with Gasteiger partial charge in [0.2, 0.25) is 0 Å². The van der Waals surface area contributed by atoms with Gasteiger partial charge >= 0.3 is 6.11 Å². The molecule has 0 fully saturated rings. The third-order valence-electron chi connectivity index (χ3n) is 3.45. The largest absolute Gasteiger partial charge is 0.429 e. The molecule has 0 bridgehead atoms. The van der Waals surface area contributed by atoms with Crippen molar-refractivity contribution < 1.29 is 31.5 Å². The van der Waals surface area contributed by atoms with Crippen LogP contribution in [0.2, 0.25) is 0 Å². The Labute approximate surface area is 134 Å². The van der Waals surface area contributed by atoms with Crippen LogP contribution in [0.1, 0.15) is 34.0 Å². The SMILES string of the molecule is CC(=O)c1cc(C)c(OC(F)(F)c2ccc(F)c(F)c2F)c(C)c1. The van der Waals surface area contributed by atoms with Crippen LogP contribution in [0.5, 0.6) is 5.75 Å². The number of Topliss-reactive ketones (excluding diaryl/α,β-unsaturated/α-hetero) is 1. The highest BCUT2D eigenvalue weighted by atomic mass is 19.3. The number of aryl methyl sites for hydroxylation is 2. The first-order valence-electron chi connectivity index (χ1n) is 6.87. The molecule has 0 saturated carbocycles. The van der Waals surface area contributed by atoms with Crippen LogP contribution >= 0.6 is 0 Å². The zero-order chi connectivity index (χ0) is 18.2. The molecule has 24 heavy (non-hydrogen) atoms. The molecule has 2 rings (SSSR count). The lowest BCUT2D eigenvalue weighted by molar-refractivity contribution is -0.188. The lowest BCUT2D eigenvalue weighted by Gasteiger charge is -2.22. The molecule has 0 unspecified atom stereocenters. The maximum atomic E-state index is 14.2.